The molecule has 0 aromatic carbocycles. The molecule has 1 fully saturated rings. The summed E-state index contributed by atoms with van der Waals surface area (Å²) in [6, 6.07) is 0. The minimum absolute atomic E-state index is 0.700. The van der Waals surface area contributed by atoms with Gasteiger partial charge in [-0.1, -0.05) is 39.0 Å². The monoisotopic (exact) mass is 169 g/mol. The lowest BCUT2D eigenvalue weighted by molar-refractivity contribution is -0.456. The molecular formula is C11H21O+. The molecule has 0 radical (unpaired) electrons. The summed E-state index contributed by atoms with van der Waals surface area (Å²) in [4.78, 5) is 0. The molecule has 0 aromatic rings. The maximum Gasteiger partial charge on any atom is 0.273 e. The zero-order valence-electron chi connectivity index (χ0n) is 8.22. The van der Waals surface area contributed by atoms with Crippen LogP contribution in [0.4, 0.5) is 0 Å². The molecule has 0 spiro atoms. The molecule has 1 aliphatic rings. The van der Waals surface area contributed by atoms with Crippen LogP contribution in [0.15, 0.2) is 0 Å². The first-order valence-electron chi connectivity index (χ1n) is 5.20. The summed E-state index contributed by atoms with van der Waals surface area (Å²) in [6.07, 6.45) is 8.58. The van der Waals surface area contributed by atoms with Crippen LogP contribution in [0.1, 0.15) is 45.4 Å². The van der Waals surface area contributed by atoms with Gasteiger partial charge in [0.15, 0.2) is 0 Å². The SMILES string of the molecule is C=[O+]CC(C)CC1CCCCC1. The van der Waals surface area contributed by atoms with Gasteiger partial charge in [-0.2, -0.15) is 0 Å². The summed E-state index contributed by atoms with van der Waals surface area (Å²) in [5, 5.41) is 0. The van der Waals surface area contributed by atoms with Gasteiger partial charge in [-0.3, -0.25) is 4.42 Å². The van der Waals surface area contributed by atoms with Crippen LogP contribution in [0.5, 0.6) is 0 Å². The molecule has 1 unspecified atom stereocenters. The van der Waals surface area contributed by atoms with E-state index in [0.29, 0.717) is 5.92 Å². The fourth-order valence-electron chi connectivity index (χ4n) is 2.26. The Morgan fingerprint density at radius 3 is 2.58 bits per heavy atom. The zero-order valence-corrected chi connectivity index (χ0v) is 8.22. The highest BCUT2D eigenvalue weighted by atomic mass is 16.4. The summed E-state index contributed by atoms with van der Waals surface area (Å²) < 4.78 is 4.90. The number of hydrogen-bond acceptors (Lipinski definition) is 0. The van der Waals surface area contributed by atoms with Crippen LogP contribution in [-0.4, -0.2) is 13.4 Å². The van der Waals surface area contributed by atoms with E-state index in [2.05, 4.69) is 13.7 Å². The molecule has 0 amide bonds. The molecule has 0 bridgehead atoms. The topological polar surface area (TPSA) is 11.3 Å². The average Bonchev–Trinajstić information content (AvgIpc) is 2.06. The summed E-state index contributed by atoms with van der Waals surface area (Å²) >= 11 is 0. The van der Waals surface area contributed by atoms with E-state index in [-0.39, 0.29) is 0 Å². The predicted molar refractivity (Wildman–Crippen MR) is 52.3 cm³/mol. The van der Waals surface area contributed by atoms with Gasteiger partial charge in [0, 0.05) is 5.92 Å². The smallest absolute Gasteiger partial charge is 0.270 e. The van der Waals surface area contributed by atoms with Crippen molar-refractivity contribution in [3.63, 3.8) is 0 Å². The molecule has 0 saturated heterocycles. The Morgan fingerprint density at radius 1 is 1.33 bits per heavy atom. The van der Waals surface area contributed by atoms with Crippen molar-refractivity contribution in [2.24, 2.45) is 11.8 Å². The second kappa shape index (κ2) is 5.34. The van der Waals surface area contributed by atoms with E-state index in [1.54, 1.807) is 0 Å². The van der Waals surface area contributed by atoms with E-state index >= 15 is 0 Å². The average molecular weight is 169 g/mol. The van der Waals surface area contributed by atoms with Gasteiger partial charge in [0.25, 0.3) is 13.4 Å². The summed E-state index contributed by atoms with van der Waals surface area (Å²) in [5.74, 6) is 1.68. The maximum absolute atomic E-state index is 4.90. The first-order valence-corrected chi connectivity index (χ1v) is 5.20. The molecule has 70 valence electrons. The third kappa shape index (κ3) is 3.38. The molecule has 0 N–H and O–H groups in total. The van der Waals surface area contributed by atoms with E-state index in [1.165, 1.54) is 38.5 Å². The minimum atomic E-state index is 0.700. The first kappa shape index (κ1) is 9.76. The number of hydrogen-bond donors (Lipinski definition) is 0. The van der Waals surface area contributed by atoms with Gasteiger partial charge in [-0.15, -0.1) is 0 Å². The van der Waals surface area contributed by atoms with Gasteiger partial charge >= 0.3 is 0 Å². The van der Waals surface area contributed by atoms with Crippen LogP contribution in [0, 0.1) is 11.8 Å². The fraction of sp³-hybridized carbons (Fsp3) is 0.909. The molecule has 0 aromatic heterocycles. The molecular weight excluding hydrogens is 148 g/mol. The fourth-order valence-corrected chi connectivity index (χ4v) is 2.26. The third-order valence-electron chi connectivity index (χ3n) is 2.86. The molecule has 0 aliphatic heterocycles. The van der Waals surface area contributed by atoms with Crippen molar-refractivity contribution in [1.82, 2.24) is 0 Å². The van der Waals surface area contributed by atoms with Gasteiger partial charge in [0.2, 0.25) is 0 Å². The van der Waals surface area contributed by atoms with Crippen molar-refractivity contribution in [2.45, 2.75) is 45.4 Å². The lowest BCUT2D eigenvalue weighted by Crippen LogP contribution is -2.12. The van der Waals surface area contributed by atoms with Gasteiger partial charge in [-0.25, -0.2) is 0 Å². The van der Waals surface area contributed by atoms with E-state index in [0.717, 1.165) is 12.5 Å². The van der Waals surface area contributed by atoms with Crippen LogP contribution >= 0.6 is 0 Å². The minimum Gasteiger partial charge on any atom is -0.270 e. The molecule has 1 nitrogen and oxygen atoms in total. The van der Waals surface area contributed by atoms with Crippen molar-refractivity contribution in [2.75, 3.05) is 6.61 Å². The lowest BCUT2D eigenvalue weighted by atomic mass is 9.83. The third-order valence-corrected chi connectivity index (χ3v) is 2.86. The standard InChI is InChI=1S/C11H21O/c1-10(9-12-2)8-11-6-4-3-5-7-11/h10-11H,2-9H2,1H3/q+1. The van der Waals surface area contributed by atoms with Crippen LogP contribution in [0.2, 0.25) is 0 Å². The summed E-state index contributed by atoms with van der Waals surface area (Å²) in [7, 11) is 0. The van der Waals surface area contributed by atoms with E-state index in [4.69, 9.17) is 4.42 Å². The van der Waals surface area contributed by atoms with Crippen molar-refractivity contribution in [3.8, 4) is 0 Å². The first-order chi connectivity index (χ1) is 5.83. The highest BCUT2D eigenvalue weighted by Gasteiger charge is 2.18. The van der Waals surface area contributed by atoms with Gasteiger partial charge in [0.1, 0.15) is 0 Å². The van der Waals surface area contributed by atoms with E-state index < -0.39 is 0 Å². The highest BCUT2D eigenvalue weighted by Crippen LogP contribution is 2.28. The molecule has 1 saturated carbocycles. The predicted octanol–water partition coefficient (Wildman–Crippen LogP) is 2.96. The summed E-state index contributed by atoms with van der Waals surface area (Å²) in [5.41, 5.74) is 0. The van der Waals surface area contributed by atoms with Crippen molar-refractivity contribution >= 4 is 6.79 Å². The van der Waals surface area contributed by atoms with Crippen LogP contribution in [0.3, 0.4) is 0 Å². The molecule has 1 heteroatoms. The Morgan fingerprint density at radius 2 is 2.00 bits per heavy atom. The Bertz CT molecular complexity index is 125. The Labute approximate surface area is 75.9 Å². The molecule has 12 heavy (non-hydrogen) atoms. The van der Waals surface area contributed by atoms with Crippen LogP contribution in [-0.2, 0) is 4.42 Å². The molecule has 1 rings (SSSR count). The van der Waals surface area contributed by atoms with Gasteiger partial charge in [0.05, 0.1) is 0 Å². The van der Waals surface area contributed by atoms with Crippen LogP contribution < -0.4 is 0 Å². The zero-order chi connectivity index (χ0) is 8.81. The van der Waals surface area contributed by atoms with E-state index in [9.17, 15) is 0 Å². The maximum atomic E-state index is 4.90. The second-order valence-corrected chi connectivity index (χ2v) is 4.22. The normalized spacial score (nSPS) is 22.1. The summed E-state index contributed by atoms with van der Waals surface area (Å²) in [6.45, 7) is 6.51. The van der Waals surface area contributed by atoms with Crippen molar-refractivity contribution in [3.05, 3.63) is 0 Å². The van der Waals surface area contributed by atoms with Crippen LogP contribution in [0.25, 0.3) is 0 Å². The Hall–Kier alpha value is -0.330. The largest absolute Gasteiger partial charge is 0.273 e. The van der Waals surface area contributed by atoms with Crippen molar-refractivity contribution < 1.29 is 4.42 Å². The van der Waals surface area contributed by atoms with E-state index in [1.807, 2.05) is 0 Å². The quantitative estimate of drug-likeness (QED) is 0.573. The van der Waals surface area contributed by atoms with Gasteiger partial charge in [-0.05, 0) is 12.3 Å². The Balaban J connectivity index is 2.15. The highest BCUT2D eigenvalue weighted by molar-refractivity contribution is 5.12. The molecule has 0 heterocycles. The molecule has 1 aliphatic carbocycles. The number of carbonyl (C=O) groups excluding carboxylic acids is 1. The second-order valence-electron chi connectivity index (χ2n) is 4.22. The molecule has 1 atom stereocenters. The van der Waals surface area contributed by atoms with Gasteiger partial charge < -0.3 is 0 Å². The Kier molecular flexibility index (Phi) is 4.34. The lowest BCUT2D eigenvalue weighted by Gasteiger charge is -2.22. The van der Waals surface area contributed by atoms with Crippen molar-refractivity contribution in [1.29, 1.82) is 0 Å². The number of rotatable bonds is 4.